The van der Waals surface area contributed by atoms with Crippen molar-refractivity contribution in [3.05, 3.63) is 59.7 Å². The summed E-state index contributed by atoms with van der Waals surface area (Å²) in [5, 5.41) is 3.02. The minimum absolute atomic E-state index is 0.139. The van der Waals surface area contributed by atoms with Crippen molar-refractivity contribution in [2.75, 3.05) is 25.6 Å². The zero-order valence-corrected chi connectivity index (χ0v) is 17.7. The molecule has 2 aromatic rings. The second-order valence-electron chi connectivity index (χ2n) is 6.00. The third kappa shape index (κ3) is 6.53. The molecule has 2 aromatic carbocycles. The Hall–Kier alpha value is -2.46. The molecule has 0 aliphatic rings. The molecule has 0 aliphatic heterocycles. The molecule has 0 saturated carbocycles. The van der Waals surface area contributed by atoms with E-state index >= 15 is 0 Å². The van der Waals surface area contributed by atoms with Crippen LogP contribution in [0.5, 0.6) is 5.75 Å². The van der Waals surface area contributed by atoms with E-state index in [1.165, 1.54) is 12.1 Å². The van der Waals surface area contributed by atoms with Crippen LogP contribution in [-0.4, -0.2) is 26.1 Å². The predicted octanol–water partition coefficient (Wildman–Crippen LogP) is 5.77. The Morgan fingerprint density at radius 3 is 2.03 bits per heavy atom. The predicted molar refractivity (Wildman–Crippen MR) is 110 cm³/mol. The van der Waals surface area contributed by atoms with Crippen LogP contribution in [0, 0.1) is 11.8 Å². The summed E-state index contributed by atoms with van der Waals surface area (Å²) in [4.78, 5) is 0. The molecular weight excluding hydrogens is 418 g/mol. The van der Waals surface area contributed by atoms with Crippen LogP contribution >= 0.6 is 7.60 Å². The van der Waals surface area contributed by atoms with Gasteiger partial charge in [0.1, 0.15) is 5.75 Å². The molecule has 30 heavy (non-hydrogen) atoms. The lowest BCUT2D eigenvalue weighted by Gasteiger charge is -2.24. The average Bonchev–Trinajstić information content (AvgIpc) is 2.71. The van der Waals surface area contributed by atoms with Gasteiger partial charge in [-0.05, 0) is 62.4 Å². The molecule has 1 N–H and O–H groups in total. The van der Waals surface area contributed by atoms with E-state index in [4.69, 9.17) is 13.8 Å². The number of nitrogens with one attached hydrogen (secondary N) is 1. The zero-order chi connectivity index (χ0) is 22.2. The number of benzene rings is 2. The Morgan fingerprint density at radius 1 is 1.00 bits per heavy atom. The van der Waals surface area contributed by atoms with Gasteiger partial charge < -0.3 is 19.1 Å². The fraction of sp³-hybridized carbons (Fsp3) is 0.333. The lowest BCUT2D eigenvalue weighted by molar-refractivity contribution is -0.137. The minimum atomic E-state index is -4.43. The molecule has 0 fully saturated rings. The highest BCUT2D eigenvalue weighted by atomic mass is 31.2. The van der Waals surface area contributed by atoms with Crippen molar-refractivity contribution >= 4 is 13.3 Å². The fourth-order valence-electron chi connectivity index (χ4n) is 2.48. The molecule has 0 aromatic heterocycles. The molecule has 1 atom stereocenters. The number of alkyl halides is 3. The molecule has 0 radical (unpaired) electrons. The van der Waals surface area contributed by atoms with Crippen LogP contribution in [-0.2, 0) is 19.8 Å². The normalized spacial score (nSPS) is 12.6. The first kappa shape index (κ1) is 23.8. The highest BCUT2D eigenvalue weighted by Gasteiger charge is 2.35. The molecule has 0 bridgehead atoms. The monoisotopic (exact) mass is 441 g/mol. The van der Waals surface area contributed by atoms with Gasteiger partial charge in [-0.2, -0.15) is 13.2 Å². The summed E-state index contributed by atoms with van der Waals surface area (Å²) < 4.78 is 67.4. The van der Waals surface area contributed by atoms with E-state index in [1.807, 2.05) is 0 Å². The summed E-state index contributed by atoms with van der Waals surface area (Å²) in [5.74, 6) is 5.16. The quantitative estimate of drug-likeness (QED) is 0.416. The van der Waals surface area contributed by atoms with Crippen molar-refractivity contribution in [2.24, 2.45) is 0 Å². The van der Waals surface area contributed by atoms with Gasteiger partial charge in [-0.3, -0.25) is 4.57 Å². The number of anilines is 1. The third-order valence-corrected chi connectivity index (χ3v) is 6.02. The number of hydrogen-bond donors (Lipinski definition) is 1. The minimum Gasteiger partial charge on any atom is -0.497 e. The zero-order valence-electron chi connectivity index (χ0n) is 16.8. The van der Waals surface area contributed by atoms with Gasteiger partial charge in [0, 0.05) is 11.3 Å². The van der Waals surface area contributed by atoms with E-state index < -0.39 is 25.1 Å². The van der Waals surface area contributed by atoms with Crippen molar-refractivity contribution in [3.63, 3.8) is 0 Å². The van der Waals surface area contributed by atoms with Crippen molar-refractivity contribution < 1.29 is 31.5 Å². The highest BCUT2D eigenvalue weighted by molar-refractivity contribution is 7.55. The van der Waals surface area contributed by atoms with Gasteiger partial charge in [0.2, 0.25) is 0 Å². The molecule has 1 unspecified atom stereocenters. The topological polar surface area (TPSA) is 56.8 Å². The van der Waals surface area contributed by atoms with Gasteiger partial charge in [0.25, 0.3) is 0 Å². The smallest absolute Gasteiger partial charge is 0.416 e. The van der Waals surface area contributed by atoms with Gasteiger partial charge in [0.05, 0.1) is 25.9 Å². The van der Waals surface area contributed by atoms with E-state index in [1.54, 1.807) is 45.2 Å². The van der Waals surface area contributed by atoms with E-state index in [0.29, 0.717) is 17.0 Å². The van der Waals surface area contributed by atoms with Crippen molar-refractivity contribution in [3.8, 4) is 17.6 Å². The summed E-state index contributed by atoms with van der Waals surface area (Å²) >= 11 is 0. The second kappa shape index (κ2) is 10.5. The highest BCUT2D eigenvalue weighted by Crippen LogP contribution is 2.52. The van der Waals surface area contributed by atoms with Crippen molar-refractivity contribution in [2.45, 2.75) is 25.8 Å². The second-order valence-corrected chi connectivity index (χ2v) is 8.11. The Balaban J connectivity index is 2.35. The Morgan fingerprint density at radius 2 is 1.57 bits per heavy atom. The van der Waals surface area contributed by atoms with Crippen LogP contribution in [0.1, 0.15) is 25.0 Å². The Bertz CT molecular complexity index is 908. The van der Waals surface area contributed by atoms with Crippen LogP contribution in [0.3, 0.4) is 0 Å². The fourth-order valence-corrected chi connectivity index (χ4v) is 4.10. The number of halogens is 3. The molecule has 0 amide bonds. The van der Waals surface area contributed by atoms with Crippen LogP contribution in [0.15, 0.2) is 48.5 Å². The van der Waals surface area contributed by atoms with E-state index in [-0.39, 0.29) is 13.2 Å². The maximum atomic E-state index is 13.3. The number of methoxy groups -OCH3 is 1. The summed E-state index contributed by atoms with van der Waals surface area (Å²) in [6.45, 7) is 3.64. The lowest BCUT2D eigenvalue weighted by atomic mass is 10.1. The molecular formula is C21H23F3NO4P. The third-order valence-electron chi connectivity index (χ3n) is 3.89. The van der Waals surface area contributed by atoms with Crippen molar-refractivity contribution in [1.82, 2.24) is 0 Å². The lowest BCUT2D eigenvalue weighted by Crippen LogP contribution is -2.21. The summed E-state index contributed by atoms with van der Waals surface area (Å²) in [5.41, 5.74) is 0.168. The molecule has 0 saturated heterocycles. The first-order valence-electron chi connectivity index (χ1n) is 9.20. The van der Waals surface area contributed by atoms with Gasteiger partial charge in [-0.15, -0.1) is 0 Å². The first-order valence-corrected chi connectivity index (χ1v) is 10.8. The standard InChI is InChI=1S/C21H23F3NO4P/c1-4-28-30(26,29-5-2)20(25-18-11-13-19(27-3)14-12-18)15-8-16-6-9-17(10-7-16)21(22,23)24/h6-7,9-14,20,25H,4-5H2,1-3H3. The maximum absolute atomic E-state index is 13.3. The molecule has 0 spiro atoms. The van der Waals surface area contributed by atoms with Gasteiger partial charge in [-0.1, -0.05) is 11.8 Å². The molecule has 0 heterocycles. The molecule has 162 valence electrons. The van der Waals surface area contributed by atoms with E-state index in [0.717, 1.165) is 12.1 Å². The van der Waals surface area contributed by atoms with Gasteiger partial charge >= 0.3 is 13.8 Å². The van der Waals surface area contributed by atoms with Gasteiger partial charge in [-0.25, -0.2) is 0 Å². The molecule has 9 heteroatoms. The van der Waals surface area contributed by atoms with Crippen LogP contribution < -0.4 is 10.1 Å². The Kier molecular flexibility index (Phi) is 8.36. The van der Waals surface area contributed by atoms with Crippen LogP contribution in [0.2, 0.25) is 0 Å². The van der Waals surface area contributed by atoms with E-state index in [9.17, 15) is 17.7 Å². The van der Waals surface area contributed by atoms with Crippen LogP contribution in [0.25, 0.3) is 0 Å². The molecule has 5 nitrogen and oxygen atoms in total. The largest absolute Gasteiger partial charge is 0.497 e. The van der Waals surface area contributed by atoms with Crippen molar-refractivity contribution in [1.29, 1.82) is 0 Å². The summed E-state index contributed by atoms with van der Waals surface area (Å²) in [6.07, 6.45) is -4.43. The molecule has 2 rings (SSSR count). The maximum Gasteiger partial charge on any atom is 0.416 e. The average molecular weight is 441 g/mol. The van der Waals surface area contributed by atoms with E-state index in [2.05, 4.69) is 17.2 Å². The molecule has 0 aliphatic carbocycles. The number of ether oxygens (including phenoxy) is 1. The summed E-state index contributed by atoms with van der Waals surface area (Å²) in [6, 6.07) is 11.3. The number of rotatable bonds is 8. The SMILES string of the molecule is CCOP(=O)(OCC)C(C#Cc1ccc(C(F)(F)F)cc1)Nc1ccc(OC)cc1. The summed E-state index contributed by atoms with van der Waals surface area (Å²) in [7, 11) is -2.14. The van der Waals surface area contributed by atoms with Crippen LogP contribution in [0.4, 0.5) is 18.9 Å². The van der Waals surface area contributed by atoms with Gasteiger partial charge in [0.15, 0.2) is 5.78 Å². The first-order chi connectivity index (χ1) is 14.2. The Labute approximate surface area is 174 Å². The number of hydrogen-bond acceptors (Lipinski definition) is 5.